The van der Waals surface area contributed by atoms with Gasteiger partial charge in [0.25, 0.3) is 0 Å². The molecule has 1 aromatic rings. The Morgan fingerprint density at radius 3 is 2.57 bits per heavy atom. The van der Waals surface area contributed by atoms with E-state index in [1.807, 2.05) is 6.92 Å². The summed E-state index contributed by atoms with van der Waals surface area (Å²) in [4.78, 5) is -0.435. The number of alkyl halides is 1. The highest BCUT2D eigenvalue weighted by atomic mass is 32.2. The summed E-state index contributed by atoms with van der Waals surface area (Å²) in [7, 11) is -1.18. The van der Waals surface area contributed by atoms with Crippen LogP contribution in [0.2, 0.25) is 0 Å². The lowest BCUT2D eigenvalue weighted by atomic mass is 9.91. The zero-order valence-electron chi connectivity index (χ0n) is 11.4. The maximum absolute atomic E-state index is 14.2. The Bertz CT molecular complexity index is 821. The van der Waals surface area contributed by atoms with Crippen LogP contribution in [0.25, 0.3) is 5.57 Å². The minimum absolute atomic E-state index is 0.218. The summed E-state index contributed by atoms with van der Waals surface area (Å²) in [5.74, 6) is 0.584. The van der Waals surface area contributed by atoms with E-state index < -0.39 is 21.3 Å². The highest BCUT2D eigenvalue weighted by molar-refractivity contribution is 7.73. The molecule has 1 unspecified atom stereocenters. The normalized spacial score (nSPS) is 17.6. The molecule has 0 fully saturated rings. The molecule has 0 saturated carbocycles. The summed E-state index contributed by atoms with van der Waals surface area (Å²) in [5, 5.41) is 9.16. The number of hydrogen-bond acceptors (Lipinski definition) is 4. The molecule has 0 bridgehead atoms. The van der Waals surface area contributed by atoms with E-state index in [1.165, 1.54) is 19.3 Å². The Morgan fingerprint density at radius 2 is 2.00 bits per heavy atom. The van der Waals surface area contributed by atoms with Gasteiger partial charge < -0.3 is 4.74 Å². The average molecular weight is 305 g/mol. The number of hydrogen-bond donors (Lipinski definition) is 0. The maximum atomic E-state index is 14.2. The maximum Gasteiger partial charge on any atom is 0.220 e. The molecular formula is C15H12FNO3S. The van der Waals surface area contributed by atoms with Crippen LogP contribution in [0.5, 0.6) is 5.75 Å². The molecule has 4 nitrogen and oxygen atoms in total. The zero-order chi connectivity index (χ0) is 15.6. The first kappa shape index (κ1) is 15.0. The summed E-state index contributed by atoms with van der Waals surface area (Å²) in [6, 6.07) is 7.03. The van der Waals surface area contributed by atoms with Crippen molar-refractivity contribution >= 4 is 20.7 Å². The van der Waals surface area contributed by atoms with Crippen molar-refractivity contribution < 1.29 is 17.5 Å². The summed E-state index contributed by atoms with van der Waals surface area (Å²) in [5.41, 5.74) is 1.64. The van der Waals surface area contributed by atoms with E-state index >= 15 is 0 Å². The topological polar surface area (TPSA) is 67.2 Å². The number of methoxy groups -OCH3 is 1. The zero-order valence-corrected chi connectivity index (χ0v) is 12.2. The summed E-state index contributed by atoms with van der Waals surface area (Å²) >= 11 is 0. The van der Waals surface area contributed by atoms with Crippen LogP contribution in [0.15, 0.2) is 35.9 Å². The third-order valence-electron chi connectivity index (χ3n) is 3.12. The van der Waals surface area contributed by atoms with E-state index in [-0.39, 0.29) is 5.57 Å². The van der Waals surface area contributed by atoms with Crippen LogP contribution in [0, 0.1) is 18.3 Å². The van der Waals surface area contributed by atoms with Crippen LogP contribution in [0.4, 0.5) is 4.39 Å². The van der Waals surface area contributed by atoms with Crippen molar-refractivity contribution in [3.8, 4) is 11.8 Å². The highest BCUT2D eigenvalue weighted by Gasteiger charge is 2.27. The lowest BCUT2D eigenvalue weighted by molar-refractivity contribution is 0.414. The first-order valence-corrected chi connectivity index (χ1v) is 7.14. The van der Waals surface area contributed by atoms with Crippen LogP contribution in [-0.2, 0) is 10.3 Å². The minimum atomic E-state index is -2.69. The molecule has 0 heterocycles. The van der Waals surface area contributed by atoms with E-state index in [1.54, 1.807) is 24.3 Å². The number of nitriles is 1. The second kappa shape index (κ2) is 5.94. The number of ether oxygens (including phenoxy) is 1. The van der Waals surface area contributed by atoms with Gasteiger partial charge in [-0.2, -0.15) is 13.7 Å². The SMILES string of the molecule is COc1cc(C)cc(C2=C(C#N)C(F)C(=S(=O)=O)C=C2)c1. The fraction of sp³-hybridized carbons (Fsp3) is 0.200. The van der Waals surface area contributed by atoms with Gasteiger partial charge in [-0.1, -0.05) is 12.1 Å². The van der Waals surface area contributed by atoms with E-state index in [0.717, 1.165) is 5.56 Å². The largest absolute Gasteiger partial charge is 0.497 e. The quantitative estimate of drug-likeness (QED) is 0.786. The summed E-state index contributed by atoms with van der Waals surface area (Å²) < 4.78 is 41.2. The van der Waals surface area contributed by atoms with Crippen molar-refractivity contribution in [1.82, 2.24) is 0 Å². The predicted octanol–water partition coefficient (Wildman–Crippen LogP) is 2.24. The second-order valence-corrected chi connectivity index (χ2v) is 5.45. The molecule has 1 aliphatic rings. The number of allylic oxidation sites excluding steroid dienone is 4. The molecule has 1 aromatic carbocycles. The summed E-state index contributed by atoms with van der Waals surface area (Å²) in [6.45, 7) is 1.85. The Morgan fingerprint density at radius 1 is 1.29 bits per heavy atom. The first-order valence-electron chi connectivity index (χ1n) is 6.06. The third kappa shape index (κ3) is 2.88. The Balaban J connectivity index is 2.66. The lowest BCUT2D eigenvalue weighted by Gasteiger charge is -2.16. The molecular weight excluding hydrogens is 293 g/mol. The molecule has 2 rings (SSSR count). The Kier molecular flexibility index (Phi) is 4.24. The molecule has 0 aromatic heterocycles. The van der Waals surface area contributed by atoms with Crippen molar-refractivity contribution in [1.29, 1.82) is 5.26 Å². The predicted molar refractivity (Wildman–Crippen MR) is 78.2 cm³/mol. The van der Waals surface area contributed by atoms with Crippen molar-refractivity contribution in [3.05, 3.63) is 47.1 Å². The van der Waals surface area contributed by atoms with E-state index in [2.05, 4.69) is 0 Å². The number of benzene rings is 1. The van der Waals surface area contributed by atoms with Gasteiger partial charge in [0, 0.05) is 0 Å². The van der Waals surface area contributed by atoms with Gasteiger partial charge in [0.1, 0.15) is 10.6 Å². The molecule has 21 heavy (non-hydrogen) atoms. The standard InChI is InChI=1S/C15H12FNO3S/c1-9-5-10(7-11(6-9)20-2)12-3-4-14(21(18)19)15(16)13(12)8-17/h3-7,15H,1-2H3. The van der Waals surface area contributed by atoms with Crippen LogP contribution in [-0.4, -0.2) is 26.6 Å². The number of aryl methyl sites for hydroxylation is 1. The van der Waals surface area contributed by atoms with Crippen LogP contribution in [0.3, 0.4) is 0 Å². The smallest absolute Gasteiger partial charge is 0.220 e. The van der Waals surface area contributed by atoms with Gasteiger partial charge in [0.2, 0.25) is 10.3 Å². The van der Waals surface area contributed by atoms with Gasteiger partial charge in [-0.25, -0.2) is 4.39 Å². The van der Waals surface area contributed by atoms with E-state index in [4.69, 9.17) is 10.00 Å². The number of nitrogens with zero attached hydrogens (tertiary/aromatic N) is 1. The van der Waals surface area contributed by atoms with Crippen molar-refractivity contribution in [2.24, 2.45) is 0 Å². The van der Waals surface area contributed by atoms with E-state index in [9.17, 15) is 12.8 Å². The molecule has 1 aliphatic carbocycles. The van der Waals surface area contributed by atoms with Gasteiger partial charge >= 0.3 is 0 Å². The Hall–Kier alpha value is -2.39. The Labute approximate surface area is 123 Å². The second-order valence-electron chi connectivity index (χ2n) is 4.51. The molecule has 0 radical (unpaired) electrons. The fourth-order valence-corrected chi connectivity index (χ4v) is 2.61. The average Bonchev–Trinajstić information content (AvgIpc) is 2.45. The molecule has 6 heteroatoms. The molecule has 0 amide bonds. The first-order chi connectivity index (χ1) is 9.97. The lowest BCUT2D eigenvalue weighted by Crippen LogP contribution is -2.20. The molecule has 0 spiro atoms. The third-order valence-corrected chi connectivity index (χ3v) is 3.85. The van der Waals surface area contributed by atoms with Crippen LogP contribution < -0.4 is 4.74 Å². The van der Waals surface area contributed by atoms with Crippen LogP contribution in [0.1, 0.15) is 11.1 Å². The monoisotopic (exact) mass is 305 g/mol. The van der Waals surface area contributed by atoms with Crippen molar-refractivity contribution in [2.45, 2.75) is 13.1 Å². The van der Waals surface area contributed by atoms with Gasteiger partial charge in [-0.15, -0.1) is 0 Å². The van der Waals surface area contributed by atoms with E-state index in [0.29, 0.717) is 16.9 Å². The van der Waals surface area contributed by atoms with Crippen molar-refractivity contribution in [2.75, 3.05) is 7.11 Å². The minimum Gasteiger partial charge on any atom is -0.497 e. The molecule has 0 N–H and O–H groups in total. The van der Waals surface area contributed by atoms with Gasteiger partial charge in [-0.05, 0) is 41.8 Å². The molecule has 0 saturated heterocycles. The van der Waals surface area contributed by atoms with Crippen molar-refractivity contribution in [3.63, 3.8) is 0 Å². The summed E-state index contributed by atoms with van der Waals surface area (Å²) in [6.07, 6.45) is 0.673. The van der Waals surface area contributed by atoms with Crippen LogP contribution >= 0.6 is 0 Å². The fourth-order valence-electron chi connectivity index (χ4n) is 2.15. The molecule has 1 atom stereocenters. The van der Waals surface area contributed by atoms with Gasteiger partial charge in [0.15, 0.2) is 6.17 Å². The highest BCUT2D eigenvalue weighted by Crippen LogP contribution is 2.30. The number of halogens is 1. The number of rotatable bonds is 2. The molecule has 0 aliphatic heterocycles. The molecule has 108 valence electrons. The van der Waals surface area contributed by atoms with Gasteiger partial charge in [-0.3, -0.25) is 0 Å². The van der Waals surface area contributed by atoms with Gasteiger partial charge in [0.05, 0.1) is 18.8 Å².